The third-order valence-electron chi connectivity index (χ3n) is 3.01. The molecule has 0 aromatic carbocycles. The number of hydrogen-bond acceptors (Lipinski definition) is 4. The third kappa shape index (κ3) is 4.14. The van der Waals surface area contributed by atoms with Crippen LogP contribution < -0.4 is 10.5 Å². The molecule has 5 nitrogen and oxygen atoms in total. The first-order chi connectivity index (χ1) is 7.84. The number of sulfonamides is 1. The van der Waals surface area contributed by atoms with Crippen LogP contribution >= 0.6 is 0 Å². The van der Waals surface area contributed by atoms with Crippen molar-refractivity contribution in [1.29, 1.82) is 0 Å². The Labute approximate surface area is 102 Å². The van der Waals surface area contributed by atoms with E-state index in [-0.39, 0.29) is 5.09 Å². The molecule has 0 saturated carbocycles. The topological polar surface area (TPSA) is 85.3 Å². The van der Waals surface area contributed by atoms with Crippen molar-refractivity contribution in [2.24, 2.45) is 11.1 Å². The zero-order chi connectivity index (χ0) is 13.1. The Morgan fingerprint density at radius 3 is 2.53 bits per heavy atom. The van der Waals surface area contributed by atoms with Gasteiger partial charge in [0.2, 0.25) is 5.09 Å². The quantitative estimate of drug-likeness (QED) is 0.810. The van der Waals surface area contributed by atoms with Gasteiger partial charge in [-0.3, -0.25) is 0 Å². The molecular formula is C11H20N2O3S. The van der Waals surface area contributed by atoms with Crippen LogP contribution in [0, 0.1) is 5.92 Å². The lowest BCUT2D eigenvalue weighted by atomic mass is 10.0. The molecular weight excluding hydrogens is 240 g/mol. The minimum absolute atomic E-state index is 0.189. The number of nitrogens with one attached hydrogen (secondary N) is 1. The zero-order valence-electron chi connectivity index (χ0n) is 10.4. The van der Waals surface area contributed by atoms with Crippen molar-refractivity contribution in [3.05, 3.63) is 17.9 Å². The highest BCUT2D eigenvalue weighted by molar-refractivity contribution is 7.89. The number of furan rings is 1. The smallest absolute Gasteiger partial charge is 0.271 e. The second-order valence-electron chi connectivity index (χ2n) is 4.32. The van der Waals surface area contributed by atoms with E-state index in [1.54, 1.807) is 6.07 Å². The fraction of sp³-hybridized carbons (Fsp3) is 0.636. The van der Waals surface area contributed by atoms with E-state index in [0.29, 0.717) is 24.3 Å². The average Bonchev–Trinajstić information content (AvgIpc) is 2.72. The molecule has 0 radical (unpaired) electrons. The van der Waals surface area contributed by atoms with E-state index in [0.717, 1.165) is 6.42 Å². The molecule has 0 saturated heterocycles. The molecule has 98 valence electrons. The fourth-order valence-corrected chi connectivity index (χ4v) is 1.90. The van der Waals surface area contributed by atoms with Crippen LogP contribution in [0.25, 0.3) is 0 Å². The van der Waals surface area contributed by atoms with Gasteiger partial charge in [0.05, 0.1) is 6.54 Å². The van der Waals surface area contributed by atoms with Crippen LogP contribution in [0.2, 0.25) is 0 Å². The van der Waals surface area contributed by atoms with E-state index in [1.165, 1.54) is 6.07 Å². The first-order valence-electron chi connectivity index (χ1n) is 5.69. The highest BCUT2D eigenvalue weighted by Gasteiger charge is 2.14. The molecule has 1 aromatic heterocycles. The van der Waals surface area contributed by atoms with E-state index in [9.17, 15) is 8.42 Å². The summed E-state index contributed by atoms with van der Waals surface area (Å²) in [5.41, 5.74) is 0. The number of hydrogen-bond donors (Lipinski definition) is 2. The Bertz CT molecular complexity index is 453. The van der Waals surface area contributed by atoms with Gasteiger partial charge in [0.1, 0.15) is 5.76 Å². The number of nitrogens with two attached hydrogens (primary N) is 1. The molecule has 1 rings (SSSR count). The van der Waals surface area contributed by atoms with Gasteiger partial charge >= 0.3 is 0 Å². The van der Waals surface area contributed by atoms with Gasteiger partial charge in [-0.1, -0.05) is 20.3 Å². The Hall–Kier alpha value is -0.850. The summed E-state index contributed by atoms with van der Waals surface area (Å²) in [6.45, 7) is 6.89. The molecule has 0 spiro atoms. The van der Waals surface area contributed by atoms with Crippen LogP contribution in [0.15, 0.2) is 21.6 Å². The van der Waals surface area contributed by atoms with Crippen molar-refractivity contribution < 1.29 is 12.8 Å². The van der Waals surface area contributed by atoms with Gasteiger partial charge in [0, 0.05) is 6.04 Å². The van der Waals surface area contributed by atoms with Gasteiger partial charge < -0.3 is 9.73 Å². The molecule has 1 heterocycles. The molecule has 2 atom stereocenters. The first kappa shape index (κ1) is 14.2. The molecule has 0 fully saturated rings. The fourth-order valence-electron chi connectivity index (χ4n) is 1.42. The van der Waals surface area contributed by atoms with E-state index in [1.807, 2.05) is 0 Å². The second kappa shape index (κ2) is 5.66. The maximum absolute atomic E-state index is 11.0. The van der Waals surface area contributed by atoms with Crippen molar-refractivity contribution in [3.8, 4) is 0 Å². The molecule has 2 unspecified atom stereocenters. The van der Waals surface area contributed by atoms with Gasteiger partial charge in [0.25, 0.3) is 10.0 Å². The minimum Gasteiger partial charge on any atom is -0.447 e. The normalized spacial score (nSPS) is 15.8. The summed E-state index contributed by atoms with van der Waals surface area (Å²) in [6.07, 6.45) is 1.09. The summed E-state index contributed by atoms with van der Waals surface area (Å²) in [5.74, 6) is 1.13. The zero-order valence-corrected chi connectivity index (χ0v) is 11.3. The summed E-state index contributed by atoms with van der Waals surface area (Å²) in [6, 6.07) is 3.35. The van der Waals surface area contributed by atoms with Crippen LogP contribution in [-0.2, 0) is 16.6 Å². The Morgan fingerprint density at radius 2 is 2.06 bits per heavy atom. The highest BCUT2D eigenvalue weighted by Crippen LogP contribution is 2.13. The Morgan fingerprint density at radius 1 is 1.41 bits per heavy atom. The third-order valence-corrected chi connectivity index (χ3v) is 3.79. The molecule has 0 bridgehead atoms. The Kier molecular flexibility index (Phi) is 4.73. The molecule has 0 amide bonds. The maximum atomic E-state index is 11.0. The number of rotatable bonds is 6. The average molecular weight is 260 g/mol. The summed E-state index contributed by atoms with van der Waals surface area (Å²) < 4.78 is 27.1. The van der Waals surface area contributed by atoms with Crippen molar-refractivity contribution in [2.45, 2.75) is 44.9 Å². The van der Waals surface area contributed by atoms with E-state index < -0.39 is 10.0 Å². The van der Waals surface area contributed by atoms with E-state index >= 15 is 0 Å². The largest absolute Gasteiger partial charge is 0.447 e. The minimum atomic E-state index is -3.74. The van der Waals surface area contributed by atoms with Crippen molar-refractivity contribution in [1.82, 2.24) is 5.32 Å². The maximum Gasteiger partial charge on any atom is 0.271 e. The van der Waals surface area contributed by atoms with Crippen LogP contribution in [0.4, 0.5) is 0 Å². The molecule has 1 aromatic rings. The van der Waals surface area contributed by atoms with Gasteiger partial charge in [-0.05, 0) is 25.0 Å². The van der Waals surface area contributed by atoms with Crippen molar-refractivity contribution in [3.63, 3.8) is 0 Å². The second-order valence-corrected chi connectivity index (χ2v) is 5.81. The summed E-state index contributed by atoms with van der Waals surface area (Å²) in [5, 5.41) is 8.05. The van der Waals surface area contributed by atoms with Crippen LogP contribution in [0.3, 0.4) is 0 Å². The molecule has 6 heteroatoms. The lowest BCUT2D eigenvalue weighted by Crippen LogP contribution is -2.31. The van der Waals surface area contributed by atoms with Crippen LogP contribution in [0.5, 0.6) is 0 Å². The highest BCUT2D eigenvalue weighted by atomic mass is 32.2. The molecule has 17 heavy (non-hydrogen) atoms. The van der Waals surface area contributed by atoms with E-state index in [2.05, 4.69) is 26.1 Å². The lowest BCUT2D eigenvalue weighted by Gasteiger charge is -2.19. The van der Waals surface area contributed by atoms with Crippen molar-refractivity contribution >= 4 is 10.0 Å². The summed E-state index contributed by atoms with van der Waals surface area (Å²) in [7, 11) is -3.74. The summed E-state index contributed by atoms with van der Waals surface area (Å²) in [4.78, 5) is 0. The number of primary sulfonamides is 1. The molecule has 0 aliphatic carbocycles. The van der Waals surface area contributed by atoms with Crippen LogP contribution in [0.1, 0.15) is 33.0 Å². The first-order valence-corrected chi connectivity index (χ1v) is 7.24. The Balaban J connectivity index is 2.56. The lowest BCUT2D eigenvalue weighted by molar-refractivity contribution is 0.352. The SMILES string of the molecule is CCC(C)C(C)NCc1ccc(S(N)(=O)=O)o1. The molecule has 0 aliphatic rings. The summed E-state index contributed by atoms with van der Waals surface area (Å²) >= 11 is 0. The predicted octanol–water partition coefficient (Wildman–Crippen LogP) is 1.45. The predicted molar refractivity (Wildman–Crippen MR) is 65.8 cm³/mol. The van der Waals surface area contributed by atoms with Gasteiger partial charge in [-0.15, -0.1) is 0 Å². The van der Waals surface area contributed by atoms with Gasteiger partial charge in [0.15, 0.2) is 0 Å². The van der Waals surface area contributed by atoms with E-state index in [4.69, 9.17) is 9.56 Å². The molecule has 0 aliphatic heterocycles. The standard InChI is InChI=1S/C11H20N2O3S/c1-4-8(2)9(3)13-7-10-5-6-11(16-10)17(12,14)15/h5-6,8-9,13H,4,7H2,1-3H3,(H2,12,14,15). The van der Waals surface area contributed by atoms with Gasteiger partial charge in [-0.25, -0.2) is 13.6 Å². The molecule has 3 N–H and O–H groups in total. The van der Waals surface area contributed by atoms with Crippen molar-refractivity contribution in [2.75, 3.05) is 0 Å². The monoisotopic (exact) mass is 260 g/mol. The van der Waals surface area contributed by atoms with Gasteiger partial charge in [-0.2, -0.15) is 0 Å². The van der Waals surface area contributed by atoms with Crippen LogP contribution in [-0.4, -0.2) is 14.5 Å².